The zero-order valence-corrected chi connectivity index (χ0v) is 21.1. The van der Waals surface area contributed by atoms with Crippen molar-refractivity contribution in [2.24, 2.45) is 5.92 Å². The third kappa shape index (κ3) is 7.16. The summed E-state index contributed by atoms with van der Waals surface area (Å²) in [6.07, 6.45) is -9.93. The molecule has 4 nitrogen and oxygen atoms in total. The third-order valence-corrected chi connectivity index (χ3v) is 6.36. The second-order valence-electron chi connectivity index (χ2n) is 9.88. The van der Waals surface area contributed by atoms with Gasteiger partial charge in [-0.2, -0.15) is 22.0 Å². The molecule has 0 amide bonds. The highest BCUT2D eigenvalue weighted by atomic mass is 19.4. The van der Waals surface area contributed by atoms with Crippen LogP contribution >= 0.6 is 0 Å². The summed E-state index contributed by atoms with van der Waals surface area (Å²) in [7, 11) is 0. The normalized spacial score (nSPS) is 14.9. The number of hydrogen-bond acceptors (Lipinski definition) is 4. The molecular formula is C29H30F5NO3. The van der Waals surface area contributed by atoms with Crippen LogP contribution in [0, 0.1) is 5.92 Å². The molecule has 0 heterocycles. The summed E-state index contributed by atoms with van der Waals surface area (Å²) in [5, 5.41) is 10.7. The fraction of sp³-hybridized carbons (Fsp3) is 0.379. The molecule has 1 fully saturated rings. The number of ether oxygens (including phenoxy) is 2. The second-order valence-corrected chi connectivity index (χ2v) is 9.88. The first-order valence-corrected chi connectivity index (χ1v) is 12.4. The molecule has 3 aromatic rings. The van der Waals surface area contributed by atoms with Gasteiger partial charge in [0.2, 0.25) is 0 Å². The van der Waals surface area contributed by atoms with Gasteiger partial charge in [0.1, 0.15) is 17.2 Å². The summed E-state index contributed by atoms with van der Waals surface area (Å²) >= 11 is 0. The lowest BCUT2D eigenvalue weighted by molar-refractivity contribution is -0.360. The van der Waals surface area contributed by atoms with E-state index < -0.39 is 24.1 Å². The first-order valence-electron chi connectivity index (χ1n) is 12.4. The average Bonchev–Trinajstić information content (AvgIpc) is 3.69. The number of benzene rings is 3. The van der Waals surface area contributed by atoms with Crippen LogP contribution in [0.15, 0.2) is 72.8 Å². The Balaban J connectivity index is 1.56. The molecule has 0 radical (unpaired) electrons. The lowest BCUT2D eigenvalue weighted by Crippen LogP contribution is -2.41. The molecule has 0 aliphatic heterocycles. The molecule has 0 spiro atoms. The zero-order valence-electron chi connectivity index (χ0n) is 21.1. The van der Waals surface area contributed by atoms with E-state index >= 15 is 0 Å². The third-order valence-electron chi connectivity index (χ3n) is 6.36. The highest BCUT2D eigenvalue weighted by molar-refractivity contribution is 5.52. The van der Waals surface area contributed by atoms with E-state index in [-0.39, 0.29) is 19.0 Å². The monoisotopic (exact) mass is 535 g/mol. The Morgan fingerprint density at radius 1 is 0.868 bits per heavy atom. The number of hydrogen-bond donors (Lipinski definition) is 1. The Labute approximate surface area is 218 Å². The number of rotatable bonds is 11. The standard InChI is InChI=1S/C29H30F5NO3/c1-19(2)22-7-4-9-24(15-22)37-25-10-5-8-23(16-25)35(18-27(36)21-12-13-21)17-20-6-3-11-26(14-20)38-29(33,34)28(30,31)32/h3-11,14-16,19,21,27,36H,12-13,17-18H2,1-2H3. The molecule has 9 heteroatoms. The summed E-state index contributed by atoms with van der Waals surface area (Å²) in [4.78, 5) is 1.85. The molecule has 4 rings (SSSR count). The van der Waals surface area contributed by atoms with E-state index in [2.05, 4.69) is 18.6 Å². The average molecular weight is 536 g/mol. The zero-order chi connectivity index (χ0) is 27.5. The van der Waals surface area contributed by atoms with Crippen LogP contribution in [0.5, 0.6) is 17.2 Å². The Morgan fingerprint density at radius 2 is 1.50 bits per heavy atom. The predicted molar refractivity (Wildman–Crippen MR) is 135 cm³/mol. The molecular weight excluding hydrogens is 505 g/mol. The van der Waals surface area contributed by atoms with Crippen LogP contribution in [0.1, 0.15) is 43.7 Å². The molecule has 1 N–H and O–H groups in total. The van der Waals surface area contributed by atoms with Gasteiger partial charge in [-0.05, 0) is 72.2 Å². The van der Waals surface area contributed by atoms with Crippen LogP contribution < -0.4 is 14.4 Å². The number of anilines is 1. The first kappa shape index (κ1) is 27.7. The van der Waals surface area contributed by atoms with E-state index in [1.54, 1.807) is 24.3 Å². The van der Waals surface area contributed by atoms with Crippen molar-refractivity contribution in [3.05, 3.63) is 83.9 Å². The van der Waals surface area contributed by atoms with Gasteiger partial charge in [0.05, 0.1) is 6.10 Å². The highest BCUT2D eigenvalue weighted by Gasteiger charge is 2.61. The molecule has 1 aliphatic carbocycles. The molecule has 3 aromatic carbocycles. The van der Waals surface area contributed by atoms with Crippen molar-refractivity contribution in [2.75, 3.05) is 11.4 Å². The van der Waals surface area contributed by atoms with Gasteiger partial charge < -0.3 is 19.5 Å². The largest absolute Gasteiger partial charge is 0.499 e. The van der Waals surface area contributed by atoms with E-state index in [0.717, 1.165) is 30.5 Å². The van der Waals surface area contributed by atoms with Crippen LogP contribution in [0.2, 0.25) is 0 Å². The van der Waals surface area contributed by atoms with Crippen molar-refractivity contribution in [2.45, 2.75) is 57.5 Å². The van der Waals surface area contributed by atoms with Gasteiger partial charge in [-0.3, -0.25) is 0 Å². The molecule has 1 unspecified atom stereocenters. The minimum absolute atomic E-state index is 0.144. The molecule has 0 aromatic heterocycles. The molecule has 1 atom stereocenters. The van der Waals surface area contributed by atoms with Gasteiger partial charge >= 0.3 is 12.3 Å². The smallest absolute Gasteiger partial charge is 0.457 e. The van der Waals surface area contributed by atoms with Gasteiger partial charge in [0, 0.05) is 24.8 Å². The van der Waals surface area contributed by atoms with Gasteiger partial charge in [0.15, 0.2) is 0 Å². The molecule has 0 bridgehead atoms. The van der Waals surface area contributed by atoms with Crippen molar-refractivity contribution in [3.8, 4) is 17.2 Å². The van der Waals surface area contributed by atoms with Gasteiger partial charge in [-0.25, -0.2) is 0 Å². The minimum Gasteiger partial charge on any atom is -0.457 e. The number of aliphatic hydroxyl groups is 1. The Hall–Kier alpha value is -3.33. The van der Waals surface area contributed by atoms with E-state index in [1.807, 2.05) is 35.2 Å². The fourth-order valence-corrected chi connectivity index (χ4v) is 4.07. The highest BCUT2D eigenvalue weighted by Crippen LogP contribution is 2.38. The Morgan fingerprint density at radius 3 is 2.16 bits per heavy atom. The predicted octanol–water partition coefficient (Wildman–Crippen LogP) is 7.91. The quantitative estimate of drug-likeness (QED) is 0.253. The summed E-state index contributed by atoms with van der Waals surface area (Å²) < 4.78 is 74.8. The van der Waals surface area contributed by atoms with Crippen molar-refractivity contribution < 1.29 is 36.5 Å². The fourth-order valence-electron chi connectivity index (χ4n) is 4.07. The summed E-state index contributed by atoms with van der Waals surface area (Å²) in [5.74, 6) is 1.15. The molecule has 204 valence electrons. The maximum atomic E-state index is 13.4. The van der Waals surface area contributed by atoms with E-state index in [0.29, 0.717) is 28.7 Å². The number of halogens is 5. The number of nitrogens with zero attached hydrogens (tertiary/aromatic N) is 1. The first-order chi connectivity index (χ1) is 17.9. The maximum absolute atomic E-state index is 13.4. The second kappa shape index (κ2) is 11.2. The Kier molecular flexibility index (Phi) is 8.16. The van der Waals surface area contributed by atoms with Crippen LogP contribution in [-0.4, -0.2) is 30.0 Å². The van der Waals surface area contributed by atoms with Crippen LogP contribution in [0.3, 0.4) is 0 Å². The van der Waals surface area contributed by atoms with E-state index in [4.69, 9.17) is 4.74 Å². The maximum Gasteiger partial charge on any atom is 0.499 e. The van der Waals surface area contributed by atoms with Crippen molar-refractivity contribution in [1.82, 2.24) is 0 Å². The molecule has 38 heavy (non-hydrogen) atoms. The summed E-state index contributed by atoms with van der Waals surface area (Å²) in [5.41, 5.74) is 2.28. The van der Waals surface area contributed by atoms with Crippen molar-refractivity contribution in [3.63, 3.8) is 0 Å². The topological polar surface area (TPSA) is 41.9 Å². The van der Waals surface area contributed by atoms with E-state index in [1.165, 1.54) is 6.07 Å². The van der Waals surface area contributed by atoms with Gasteiger partial charge in [0.25, 0.3) is 0 Å². The van der Waals surface area contributed by atoms with Gasteiger partial charge in [-0.15, -0.1) is 0 Å². The lowest BCUT2D eigenvalue weighted by Gasteiger charge is -2.28. The summed E-state index contributed by atoms with van der Waals surface area (Å²) in [6, 6.07) is 20.2. The molecule has 1 aliphatic rings. The SMILES string of the molecule is CC(C)c1cccc(Oc2cccc(N(Cc3cccc(OC(F)(F)C(F)(F)F)c3)CC(O)C3CC3)c2)c1. The van der Waals surface area contributed by atoms with Crippen LogP contribution in [0.4, 0.5) is 27.6 Å². The number of aliphatic hydroxyl groups excluding tert-OH is 1. The molecule has 0 saturated heterocycles. The Bertz CT molecular complexity index is 1230. The van der Waals surface area contributed by atoms with Gasteiger partial charge in [-0.1, -0.05) is 44.2 Å². The van der Waals surface area contributed by atoms with Crippen LogP contribution in [-0.2, 0) is 6.54 Å². The minimum atomic E-state index is -5.83. The van der Waals surface area contributed by atoms with Crippen molar-refractivity contribution >= 4 is 5.69 Å². The summed E-state index contributed by atoms with van der Waals surface area (Å²) in [6.45, 7) is 4.58. The van der Waals surface area contributed by atoms with E-state index in [9.17, 15) is 27.1 Å². The molecule has 1 saturated carbocycles. The number of alkyl halides is 5. The van der Waals surface area contributed by atoms with Crippen molar-refractivity contribution in [1.29, 1.82) is 0 Å². The van der Waals surface area contributed by atoms with Crippen LogP contribution in [0.25, 0.3) is 0 Å². The lowest BCUT2D eigenvalue weighted by atomic mass is 10.0.